The van der Waals surface area contributed by atoms with Crippen LogP contribution in [-0.4, -0.2) is 14.5 Å². The molecule has 146 valence electrons. The van der Waals surface area contributed by atoms with Gasteiger partial charge in [-0.3, -0.25) is 19.5 Å². The normalized spacial score (nSPS) is 10.7. The molecule has 0 bridgehead atoms. The molecule has 30 heavy (non-hydrogen) atoms. The van der Waals surface area contributed by atoms with E-state index in [4.69, 9.17) is 11.6 Å². The molecule has 0 atom stereocenters. The molecule has 3 aromatic carbocycles. The lowest BCUT2D eigenvalue weighted by atomic mass is 10.2. The van der Waals surface area contributed by atoms with Crippen LogP contribution in [0.4, 0.5) is 5.69 Å². The van der Waals surface area contributed by atoms with Gasteiger partial charge in [0, 0.05) is 17.0 Å². The van der Waals surface area contributed by atoms with Crippen LogP contribution < -0.4 is 5.56 Å². The van der Waals surface area contributed by atoms with Crippen molar-refractivity contribution >= 4 is 40.0 Å². The van der Waals surface area contributed by atoms with E-state index in [1.807, 2.05) is 6.07 Å². The summed E-state index contributed by atoms with van der Waals surface area (Å²) in [6.45, 7) is 0. The van der Waals surface area contributed by atoms with Crippen molar-refractivity contribution in [3.8, 4) is 11.8 Å². The fourth-order valence-electron chi connectivity index (χ4n) is 2.93. The second kappa shape index (κ2) is 7.99. The number of para-hydroxylation sites is 2. The summed E-state index contributed by atoms with van der Waals surface area (Å²) in [7, 11) is 0. The second-order valence-corrected chi connectivity index (χ2v) is 7.57. The zero-order chi connectivity index (χ0) is 21.3. The van der Waals surface area contributed by atoms with Crippen LogP contribution in [0.25, 0.3) is 16.6 Å². The molecule has 1 heterocycles. The summed E-state index contributed by atoms with van der Waals surface area (Å²) in [5, 5.41) is 21.6. The number of halogens is 1. The Balaban J connectivity index is 1.96. The van der Waals surface area contributed by atoms with Gasteiger partial charge in [-0.05, 0) is 42.1 Å². The van der Waals surface area contributed by atoms with E-state index in [2.05, 4.69) is 4.98 Å². The third-order valence-electron chi connectivity index (χ3n) is 4.33. The van der Waals surface area contributed by atoms with Crippen LogP contribution in [-0.2, 0) is 0 Å². The van der Waals surface area contributed by atoms with E-state index in [1.54, 1.807) is 48.5 Å². The number of nitro benzene ring substituents is 1. The third kappa shape index (κ3) is 3.52. The van der Waals surface area contributed by atoms with Crippen molar-refractivity contribution in [1.29, 1.82) is 5.26 Å². The Morgan fingerprint density at radius 3 is 2.57 bits per heavy atom. The van der Waals surface area contributed by atoms with Crippen LogP contribution in [0.15, 0.2) is 81.6 Å². The first-order valence-electron chi connectivity index (χ1n) is 8.62. The minimum absolute atomic E-state index is 0.113. The summed E-state index contributed by atoms with van der Waals surface area (Å²) in [6.07, 6.45) is 0. The lowest BCUT2D eigenvalue weighted by Crippen LogP contribution is -2.22. The number of hydrogen-bond donors (Lipinski definition) is 0. The Morgan fingerprint density at radius 2 is 1.83 bits per heavy atom. The van der Waals surface area contributed by atoms with Crippen molar-refractivity contribution in [2.24, 2.45) is 0 Å². The number of hydrogen-bond acceptors (Lipinski definition) is 6. The average Bonchev–Trinajstić information content (AvgIpc) is 2.75. The van der Waals surface area contributed by atoms with Crippen LogP contribution in [0.5, 0.6) is 0 Å². The van der Waals surface area contributed by atoms with Crippen LogP contribution in [0, 0.1) is 21.4 Å². The minimum atomic E-state index is -0.566. The first-order chi connectivity index (χ1) is 14.5. The smallest absolute Gasteiger partial charge is 0.268 e. The van der Waals surface area contributed by atoms with E-state index in [0.29, 0.717) is 26.5 Å². The fourth-order valence-corrected chi connectivity index (χ4v) is 4.12. The van der Waals surface area contributed by atoms with Gasteiger partial charge in [0.25, 0.3) is 11.2 Å². The van der Waals surface area contributed by atoms with Gasteiger partial charge in [0.15, 0.2) is 5.16 Å². The molecule has 4 aromatic rings. The summed E-state index contributed by atoms with van der Waals surface area (Å²) in [6, 6.07) is 19.7. The maximum Gasteiger partial charge on any atom is 0.270 e. The Bertz CT molecular complexity index is 1410. The number of rotatable bonds is 4. The van der Waals surface area contributed by atoms with Gasteiger partial charge in [0.1, 0.15) is 6.07 Å². The van der Waals surface area contributed by atoms with Gasteiger partial charge in [0.05, 0.1) is 32.1 Å². The van der Waals surface area contributed by atoms with Gasteiger partial charge in [-0.25, -0.2) is 4.98 Å². The first-order valence-corrected chi connectivity index (χ1v) is 9.82. The maximum absolute atomic E-state index is 13.3. The molecule has 9 heteroatoms. The number of benzene rings is 3. The molecule has 0 fully saturated rings. The molecule has 7 nitrogen and oxygen atoms in total. The van der Waals surface area contributed by atoms with Gasteiger partial charge >= 0.3 is 0 Å². The predicted octanol–water partition coefficient (Wildman–Crippen LogP) is 4.97. The summed E-state index contributed by atoms with van der Waals surface area (Å²) in [5.74, 6) is 0. The molecule has 0 saturated heterocycles. The molecule has 1 aromatic heterocycles. The number of nitrogens with zero attached hydrogens (tertiary/aromatic N) is 4. The molecule has 0 unspecified atom stereocenters. The number of non-ortho nitro benzene ring substituents is 1. The van der Waals surface area contributed by atoms with Crippen molar-refractivity contribution in [3.05, 3.63) is 97.8 Å². The van der Waals surface area contributed by atoms with Crippen molar-refractivity contribution in [3.63, 3.8) is 0 Å². The molecule has 0 radical (unpaired) electrons. The van der Waals surface area contributed by atoms with E-state index in [1.165, 1.54) is 22.8 Å². The molecule has 0 N–H and O–H groups in total. The molecule has 0 aliphatic carbocycles. The number of nitro groups is 1. The van der Waals surface area contributed by atoms with E-state index >= 15 is 0 Å². The molecule has 0 aliphatic heterocycles. The van der Waals surface area contributed by atoms with Gasteiger partial charge in [0.2, 0.25) is 0 Å². The highest BCUT2D eigenvalue weighted by atomic mass is 35.5. The second-order valence-electron chi connectivity index (χ2n) is 6.15. The molecule has 0 aliphatic rings. The molecule has 0 spiro atoms. The van der Waals surface area contributed by atoms with E-state index in [0.717, 1.165) is 11.8 Å². The number of nitriles is 1. The lowest BCUT2D eigenvalue weighted by Gasteiger charge is -2.14. The SMILES string of the molecule is N#Cc1cc([N+](=O)[O-])ccc1Sc1nc2ccccc2c(=O)n1-c1ccccc1Cl. The molecular formula is C21H11ClN4O3S. The Morgan fingerprint density at radius 1 is 1.10 bits per heavy atom. The third-order valence-corrected chi connectivity index (χ3v) is 5.69. The zero-order valence-electron chi connectivity index (χ0n) is 15.2. The van der Waals surface area contributed by atoms with Gasteiger partial charge < -0.3 is 0 Å². The van der Waals surface area contributed by atoms with Crippen molar-refractivity contribution in [2.45, 2.75) is 10.1 Å². The van der Waals surface area contributed by atoms with Gasteiger partial charge in [-0.2, -0.15) is 5.26 Å². The highest BCUT2D eigenvalue weighted by Crippen LogP contribution is 2.33. The highest BCUT2D eigenvalue weighted by Gasteiger charge is 2.18. The monoisotopic (exact) mass is 434 g/mol. The minimum Gasteiger partial charge on any atom is -0.268 e. The summed E-state index contributed by atoms with van der Waals surface area (Å²) >= 11 is 7.41. The summed E-state index contributed by atoms with van der Waals surface area (Å²) in [5.41, 5.74) is 0.559. The van der Waals surface area contributed by atoms with E-state index in [-0.39, 0.29) is 22.0 Å². The number of fused-ring (bicyclic) bond motifs is 1. The topological polar surface area (TPSA) is 102 Å². The van der Waals surface area contributed by atoms with Crippen molar-refractivity contribution < 1.29 is 4.92 Å². The summed E-state index contributed by atoms with van der Waals surface area (Å²) < 4.78 is 1.39. The van der Waals surface area contributed by atoms with Crippen LogP contribution in [0.1, 0.15) is 5.56 Å². The van der Waals surface area contributed by atoms with Gasteiger partial charge in [-0.15, -0.1) is 0 Å². The van der Waals surface area contributed by atoms with E-state index in [9.17, 15) is 20.2 Å². The summed E-state index contributed by atoms with van der Waals surface area (Å²) in [4.78, 5) is 28.8. The standard InChI is InChI=1S/C21H11ClN4O3S/c22-16-6-2-4-8-18(16)25-20(27)15-5-1-3-7-17(15)24-21(25)30-19-10-9-14(26(28)29)11-13(19)12-23/h1-11H. The van der Waals surface area contributed by atoms with Crippen LogP contribution >= 0.6 is 23.4 Å². The fraction of sp³-hybridized carbons (Fsp3) is 0. The van der Waals surface area contributed by atoms with E-state index < -0.39 is 4.92 Å². The molecule has 0 amide bonds. The van der Waals surface area contributed by atoms with Crippen LogP contribution in [0.2, 0.25) is 5.02 Å². The zero-order valence-corrected chi connectivity index (χ0v) is 16.7. The number of aromatic nitrogens is 2. The van der Waals surface area contributed by atoms with Gasteiger partial charge in [-0.1, -0.05) is 35.9 Å². The van der Waals surface area contributed by atoms with Crippen molar-refractivity contribution in [2.75, 3.05) is 0 Å². The predicted molar refractivity (Wildman–Crippen MR) is 114 cm³/mol. The van der Waals surface area contributed by atoms with Crippen molar-refractivity contribution in [1.82, 2.24) is 9.55 Å². The quantitative estimate of drug-likeness (QED) is 0.255. The molecule has 4 rings (SSSR count). The average molecular weight is 435 g/mol. The first kappa shape index (κ1) is 19.6. The Labute approximate surface area is 179 Å². The Hall–Kier alpha value is -3.67. The largest absolute Gasteiger partial charge is 0.270 e. The lowest BCUT2D eigenvalue weighted by molar-refractivity contribution is -0.384. The molecule has 0 saturated carbocycles. The van der Waals surface area contributed by atoms with Crippen LogP contribution in [0.3, 0.4) is 0 Å². The highest BCUT2D eigenvalue weighted by molar-refractivity contribution is 7.99. The Kier molecular flexibility index (Phi) is 5.23. The maximum atomic E-state index is 13.3. The molecular weight excluding hydrogens is 424 g/mol.